The molecule has 0 heterocycles. The number of quaternary nitrogens is 2. The number of nitrogens with one attached hydrogen (secondary N) is 4. The fourth-order valence-corrected chi connectivity index (χ4v) is 2.36. The van der Waals surface area contributed by atoms with Crippen molar-refractivity contribution in [1.29, 1.82) is 0 Å². The minimum absolute atomic E-state index is 0.718. The summed E-state index contributed by atoms with van der Waals surface area (Å²) in [6.07, 6.45) is 2.20. The van der Waals surface area contributed by atoms with Crippen molar-refractivity contribution in [3.63, 3.8) is 0 Å². The number of nitrogens with two attached hydrogens (primary N) is 2. The summed E-state index contributed by atoms with van der Waals surface area (Å²) >= 11 is 0. The number of amidine groups is 2. The first-order chi connectivity index (χ1) is 11.4. The highest BCUT2D eigenvalue weighted by Gasteiger charge is 2.08. The van der Waals surface area contributed by atoms with Crippen molar-refractivity contribution < 1.29 is 19.8 Å². The Morgan fingerprint density at radius 3 is 1.38 bits per heavy atom. The zero-order valence-corrected chi connectivity index (χ0v) is 15.7. The van der Waals surface area contributed by atoms with Gasteiger partial charge in [0, 0.05) is 12.8 Å². The quantitative estimate of drug-likeness (QED) is 0.146. The van der Waals surface area contributed by atoms with Gasteiger partial charge in [-0.1, -0.05) is 0 Å². The van der Waals surface area contributed by atoms with Crippen LogP contribution in [0, 0.1) is 0 Å². The Bertz CT molecular complexity index is 482. The van der Waals surface area contributed by atoms with E-state index >= 15 is 0 Å². The van der Waals surface area contributed by atoms with Gasteiger partial charge in [0.05, 0.1) is 65.5 Å². The van der Waals surface area contributed by atoms with E-state index in [9.17, 15) is 0 Å². The molecule has 24 heavy (non-hydrogen) atoms. The van der Waals surface area contributed by atoms with Crippen LogP contribution in [0.2, 0.25) is 0 Å². The molecule has 0 aliphatic carbocycles. The van der Waals surface area contributed by atoms with Gasteiger partial charge in [-0.25, -0.2) is 0 Å². The van der Waals surface area contributed by atoms with Gasteiger partial charge in [0.25, 0.3) is 11.7 Å². The smallest absolute Gasteiger partial charge is 0.272 e. The van der Waals surface area contributed by atoms with Crippen LogP contribution in [0.25, 0.3) is 0 Å². The van der Waals surface area contributed by atoms with E-state index in [4.69, 9.17) is 11.5 Å². The topological polar surface area (TPSA) is 88.9 Å². The van der Waals surface area contributed by atoms with Crippen LogP contribution in [-0.2, 0) is 0 Å². The first-order valence-corrected chi connectivity index (χ1v) is 8.81. The summed E-state index contributed by atoms with van der Waals surface area (Å²) in [7, 11) is 8.62. The molecule has 0 aliphatic heterocycles. The fraction of sp³-hybridized carbons (Fsp3) is 0.556. The van der Waals surface area contributed by atoms with E-state index in [0.717, 1.165) is 61.8 Å². The third-order valence-corrected chi connectivity index (χ3v) is 3.84. The molecule has 0 bridgehead atoms. The van der Waals surface area contributed by atoms with Gasteiger partial charge in [-0.15, -0.1) is 0 Å². The zero-order valence-electron chi connectivity index (χ0n) is 15.7. The van der Waals surface area contributed by atoms with Crippen LogP contribution >= 0.6 is 0 Å². The average molecular weight is 337 g/mol. The van der Waals surface area contributed by atoms with Gasteiger partial charge in [-0.3, -0.25) is 21.5 Å². The number of hydrogen-bond acceptors (Lipinski definition) is 0. The Morgan fingerprint density at radius 1 is 0.750 bits per heavy atom. The molecule has 0 unspecified atom stereocenters. The monoisotopic (exact) mass is 336 g/mol. The van der Waals surface area contributed by atoms with E-state index in [1.165, 1.54) is 9.80 Å². The van der Waals surface area contributed by atoms with Crippen molar-refractivity contribution >= 4 is 11.7 Å². The molecule has 0 saturated heterocycles. The molecule has 0 saturated carbocycles. The van der Waals surface area contributed by atoms with E-state index in [1.807, 2.05) is 24.3 Å². The molecule has 1 aromatic rings. The van der Waals surface area contributed by atoms with E-state index in [2.05, 4.69) is 38.2 Å². The molecule has 0 aliphatic rings. The molecule has 6 heteroatoms. The molecule has 0 amide bonds. The normalized spacial score (nSPS) is 13.1. The van der Waals surface area contributed by atoms with E-state index < -0.39 is 0 Å². The predicted molar refractivity (Wildman–Crippen MR) is 99.3 cm³/mol. The van der Waals surface area contributed by atoms with Crippen molar-refractivity contribution in [2.24, 2.45) is 11.5 Å². The highest BCUT2D eigenvalue weighted by atomic mass is 15.1. The highest BCUT2D eigenvalue weighted by Crippen LogP contribution is 2.00. The van der Waals surface area contributed by atoms with Crippen LogP contribution < -0.4 is 31.3 Å². The lowest BCUT2D eigenvalue weighted by atomic mass is 10.1. The highest BCUT2D eigenvalue weighted by molar-refractivity contribution is 5.96. The second-order valence-electron chi connectivity index (χ2n) is 6.88. The molecule has 8 N–H and O–H groups in total. The van der Waals surface area contributed by atoms with Gasteiger partial charge in [0.2, 0.25) is 0 Å². The van der Waals surface area contributed by atoms with Crippen molar-refractivity contribution in [2.45, 2.75) is 12.8 Å². The van der Waals surface area contributed by atoms with Gasteiger partial charge >= 0.3 is 0 Å². The summed E-state index contributed by atoms with van der Waals surface area (Å²) < 4.78 is 0. The third-order valence-electron chi connectivity index (χ3n) is 3.84. The molecule has 6 nitrogen and oxygen atoms in total. The van der Waals surface area contributed by atoms with Gasteiger partial charge in [0.15, 0.2) is 0 Å². The van der Waals surface area contributed by atoms with Crippen LogP contribution in [0.3, 0.4) is 0 Å². The largest absolute Gasteiger partial charge is 0.340 e. The summed E-state index contributed by atoms with van der Waals surface area (Å²) in [4.78, 5) is 9.46. The van der Waals surface area contributed by atoms with E-state index in [1.54, 1.807) is 0 Å². The Kier molecular flexibility index (Phi) is 9.04. The molecule has 0 radical (unpaired) electrons. The SMILES string of the molecule is C[NH+](C)CCC[NH+]=C(N)c1ccc(C(N)=[NH+]CCC[NH+](C)C)cc1. The lowest BCUT2D eigenvalue weighted by Crippen LogP contribution is -3.06. The maximum atomic E-state index is 6.11. The Balaban J connectivity index is 2.54. The Hall–Kier alpha value is -1.92. The summed E-state index contributed by atoms with van der Waals surface area (Å²) in [5, 5.41) is 0. The molecule has 134 valence electrons. The zero-order chi connectivity index (χ0) is 17.9. The summed E-state index contributed by atoms with van der Waals surface area (Å²) in [5.74, 6) is 1.44. The van der Waals surface area contributed by atoms with E-state index in [-0.39, 0.29) is 0 Å². The first-order valence-electron chi connectivity index (χ1n) is 8.81. The number of benzene rings is 1. The fourth-order valence-electron chi connectivity index (χ4n) is 2.36. The van der Waals surface area contributed by atoms with Gasteiger partial charge in [-0.2, -0.15) is 0 Å². The minimum atomic E-state index is 0.718. The maximum absolute atomic E-state index is 6.11. The molecule has 0 aromatic heterocycles. The minimum Gasteiger partial charge on any atom is -0.340 e. The van der Waals surface area contributed by atoms with Crippen molar-refractivity contribution in [2.75, 3.05) is 54.4 Å². The van der Waals surface area contributed by atoms with Gasteiger partial charge < -0.3 is 9.80 Å². The van der Waals surface area contributed by atoms with Crippen LogP contribution in [-0.4, -0.2) is 66.0 Å². The molecular formula is C18H36N6+4. The number of nitrogen functional groups attached to an aromatic ring is 2. The number of hydrogen-bond donors (Lipinski definition) is 6. The molecule has 0 spiro atoms. The average Bonchev–Trinajstić information content (AvgIpc) is 2.55. The van der Waals surface area contributed by atoms with Crippen molar-refractivity contribution in [1.82, 2.24) is 0 Å². The summed E-state index contributed by atoms with van der Waals surface area (Å²) in [5.41, 5.74) is 14.2. The van der Waals surface area contributed by atoms with Gasteiger partial charge in [0.1, 0.15) is 0 Å². The second kappa shape index (κ2) is 10.8. The van der Waals surface area contributed by atoms with Crippen molar-refractivity contribution in [3.8, 4) is 0 Å². The van der Waals surface area contributed by atoms with Crippen LogP contribution in [0.5, 0.6) is 0 Å². The lowest BCUT2D eigenvalue weighted by molar-refractivity contribution is -0.859. The van der Waals surface area contributed by atoms with Crippen molar-refractivity contribution in [3.05, 3.63) is 35.4 Å². The standard InChI is InChI=1S/C18H32N6/c1-23(2)13-5-11-21-17(19)15-7-9-16(10-8-15)18(20)22-12-6-14-24(3)4/h7-10H,5-6,11-14H2,1-4H3,(H2,19,21)(H2,20,22)/p+4. The first kappa shape index (κ1) is 20.1. The molecule has 0 fully saturated rings. The maximum Gasteiger partial charge on any atom is 0.272 e. The second-order valence-corrected chi connectivity index (χ2v) is 6.88. The van der Waals surface area contributed by atoms with Crippen LogP contribution in [0.15, 0.2) is 24.3 Å². The number of rotatable bonds is 10. The summed E-state index contributed by atoms with van der Waals surface area (Å²) in [6.45, 7) is 4.04. The lowest BCUT2D eigenvalue weighted by Gasteiger charge is -2.04. The van der Waals surface area contributed by atoms with Gasteiger partial charge in [-0.05, 0) is 24.3 Å². The Morgan fingerprint density at radius 2 is 1.08 bits per heavy atom. The van der Waals surface area contributed by atoms with E-state index in [0.29, 0.717) is 0 Å². The molecule has 1 rings (SSSR count). The summed E-state index contributed by atoms with van der Waals surface area (Å²) in [6, 6.07) is 8.03. The molecule has 1 aromatic carbocycles. The molecular weight excluding hydrogens is 300 g/mol. The Labute approximate surface area is 146 Å². The van der Waals surface area contributed by atoms with Crippen LogP contribution in [0.1, 0.15) is 24.0 Å². The van der Waals surface area contributed by atoms with Crippen LogP contribution in [0.4, 0.5) is 0 Å². The molecule has 0 atom stereocenters. The predicted octanol–water partition coefficient (Wildman–Crippen LogP) is -5.67. The third kappa shape index (κ3) is 8.08.